The van der Waals surface area contributed by atoms with E-state index >= 15 is 0 Å². The van der Waals surface area contributed by atoms with E-state index in [2.05, 4.69) is 169 Å². The number of aryl methyl sites for hydroxylation is 1. The zero-order valence-electron chi connectivity index (χ0n) is 34.9. The second-order valence-corrected chi connectivity index (χ2v) is 19.6. The Balaban J connectivity index is 0.000000576. The molecule has 2 N–H and O–H groups in total. The van der Waals surface area contributed by atoms with E-state index in [0.29, 0.717) is 24.3 Å². The van der Waals surface area contributed by atoms with Gasteiger partial charge in [0, 0.05) is 30.3 Å². The van der Waals surface area contributed by atoms with Crippen LogP contribution in [0.15, 0.2) is 24.3 Å². The first-order chi connectivity index (χ1) is 23.0. The Bertz CT molecular complexity index is 1380. The van der Waals surface area contributed by atoms with Crippen molar-refractivity contribution in [1.29, 1.82) is 0 Å². The Morgan fingerprint density at radius 3 is 1.29 bits per heavy atom. The molecule has 1 aliphatic heterocycles. The van der Waals surface area contributed by atoms with Crippen LogP contribution in [0, 0.1) is 13.8 Å². The predicted octanol–water partition coefficient (Wildman–Crippen LogP) is 10.6. The van der Waals surface area contributed by atoms with Gasteiger partial charge in [0.2, 0.25) is 0 Å². The van der Waals surface area contributed by atoms with Crippen LogP contribution in [-0.4, -0.2) is 44.8 Å². The molecule has 7 heteroatoms. The van der Waals surface area contributed by atoms with Gasteiger partial charge in [-0.05, 0) is 83.6 Å². The first-order valence-electron chi connectivity index (χ1n) is 18.4. The van der Waals surface area contributed by atoms with Gasteiger partial charge >= 0.3 is 25.5 Å². The van der Waals surface area contributed by atoms with Gasteiger partial charge in [0.05, 0.1) is 0 Å². The monoisotopic (exact) mass is 752 g/mol. The van der Waals surface area contributed by atoms with Crippen LogP contribution < -0.4 is 0 Å². The molecule has 51 heavy (non-hydrogen) atoms. The van der Waals surface area contributed by atoms with Crippen molar-refractivity contribution in [3.05, 3.63) is 71.5 Å². The molecule has 2 aromatic rings. The van der Waals surface area contributed by atoms with Crippen molar-refractivity contribution in [2.24, 2.45) is 0 Å². The molecule has 1 aliphatic rings. The van der Waals surface area contributed by atoms with Crippen molar-refractivity contribution in [1.82, 2.24) is 4.90 Å². The zero-order chi connectivity index (χ0) is 40.1. The third kappa shape index (κ3) is 12.7. The van der Waals surface area contributed by atoms with Gasteiger partial charge in [-0.15, -0.1) is 6.54 Å². The van der Waals surface area contributed by atoms with Crippen LogP contribution in [0.25, 0.3) is 0 Å². The van der Waals surface area contributed by atoms with E-state index in [9.17, 15) is 15.0 Å². The molecular formula is C44H71CoNO5-2. The maximum atomic E-state index is 12.8. The number of rotatable bonds is 6. The van der Waals surface area contributed by atoms with Crippen LogP contribution in [0.3, 0.4) is 0 Å². The zero-order valence-corrected chi connectivity index (χ0v) is 36.0. The summed E-state index contributed by atoms with van der Waals surface area (Å²) in [6, 6.07) is 8.27. The van der Waals surface area contributed by atoms with Gasteiger partial charge in [-0.1, -0.05) is 113 Å². The fraction of sp³-hybridized carbons (Fsp3) is 0.659. The summed E-state index contributed by atoms with van der Waals surface area (Å²) in [6.45, 7) is 43.0. The van der Waals surface area contributed by atoms with E-state index in [1.54, 1.807) is 0 Å². The molecule has 0 aromatic heterocycles. The number of hydrogen-bond acceptors (Lipinski definition) is 6. The number of aromatic hydroxyl groups is 2. The van der Waals surface area contributed by atoms with Crippen molar-refractivity contribution in [3.63, 3.8) is 0 Å². The minimum absolute atomic E-state index is 0.0464. The Kier molecular flexibility index (Phi) is 15.9. The Hall–Kier alpha value is -2.22. The number of likely N-dealkylation sites (tertiary alicyclic amines) is 1. The van der Waals surface area contributed by atoms with Crippen molar-refractivity contribution < 1.29 is 39.3 Å². The van der Waals surface area contributed by atoms with Crippen LogP contribution in [-0.2, 0) is 63.6 Å². The summed E-state index contributed by atoms with van der Waals surface area (Å²) < 4.78 is 13.9. The molecule has 0 bridgehead atoms. The topological polar surface area (TPSA) is 87.1 Å². The van der Waals surface area contributed by atoms with Crippen LogP contribution in [0.4, 0.5) is 0 Å². The van der Waals surface area contributed by atoms with E-state index in [1.807, 2.05) is 0 Å². The molecule has 1 heterocycles. The average Bonchev–Trinajstić information content (AvgIpc) is 2.94. The first kappa shape index (κ1) is 46.8. The number of hydrogen-bond donors (Lipinski definition) is 2. The fourth-order valence-electron chi connectivity index (χ4n) is 7.37. The van der Waals surface area contributed by atoms with E-state index in [0.717, 1.165) is 53.6 Å². The average molecular weight is 753 g/mol. The van der Waals surface area contributed by atoms with Crippen molar-refractivity contribution >= 4 is 5.97 Å². The summed E-state index contributed by atoms with van der Waals surface area (Å²) in [5.41, 5.74) is 5.58. The molecule has 0 atom stereocenters. The molecule has 1 saturated heterocycles. The normalized spacial score (nSPS) is 16.8. The molecule has 0 spiro atoms. The van der Waals surface area contributed by atoms with Gasteiger partial charge in [-0.3, -0.25) is 4.79 Å². The second kappa shape index (κ2) is 17.3. The van der Waals surface area contributed by atoms with Gasteiger partial charge in [0.15, 0.2) is 0 Å². The molecule has 3 rings (SSSR count). The van der Waals surface area contributed by atoms with E-state index < -0.39 is 0 Å². The molecule has 6 nitrogen and oxygen atoms in total. The van der Waals surface area contributed by atoms with E-state index in [-0.39, 0.29) is 44.8 Å². The van der Waals surface area contributed by atoms with Gasteiger partial charge in [0.25, 0.3) is 0 Å². The van der Waals surface area contributed by atoms with Crippen molar-refractivity contribution in [2.45, 2.75) is 182 Å². The molecule has 0 amide bonds. The number of phenols is 2. The first-order valence-corrected chi connectivity index (χ1v) is 18.8. The molecule has 0 radical (unpaired) electrons. The summed E-state index contributed by atoms with van der Waals surface area (Å²) in [4.78, 5) is 15.2. The molecule has 0 saturated carbocycles. The van der Waals surface area contributed by atoms with E-state index in [1.165, 1.54) is 5.56 Å². The molecule has 0 unspecified atom stereocenters. The quantitative estimate of drug-likeness (QED) is 0.226. The summed E-state index contributed by atoms with van der Waals surface area (Å²) in [6.07, 6.45) is 3.26. The number of benzene rings is 2. The summed E-state index contributed by atoms with van der Waals surface area (Å²) in [5, 5.41) is 21.4. The maximum absolute atomic E-state index is 12.8. The van der Waals surface area contributed by atoms with Gasteiger partial charge in [-0.2, -0.15) is 6.42 Å². The standard InChI is InChI=1S/C28H46NO3.C16H25O.Co.O/c1-12-29-27(8,9)17-20(18-28(29,10)11)32-23(30)14-13-19-15-21(25(2,3)4)24(31)22(16-19)26(5,6)7;1-8-11-9-12(15(2,3)4)14(17)13(10-11)16(5,6)7;;/h15-16,20,31H,1,12-14,17-18H2,2-11H3;9-10,17H,1,8H2,2-7H3;;/q2*-1;;. The summed E-state index contributed by atoms with van der Waals surface area (Å²) in [7, 11) is 0. The van der Waals surface area contributed by atoms with Gasteiger partial charge in [0.1, 0.15) is 17.6 Å². The molecule has 293 valence electrons. The molecule has 2 aromatic carbocycles. The van der Waals surface area contributed by atoms with Crippen molar-refractivity contribution in [3.8, 4) is 11.5 Å². The molecule has 1 fully saturated rings. The number of carbonyl (C=O) groups excluding carboxylic acids is 1. The fourth-order valence-corrected chi connectivity index (χ4v) is 7.37. The molecular weight excluding hydrogens is 681 g/mol. The predicted molar refractivity (Wildman–Crippen MR) is 208 cm³/mol. The van der Waals surface area contributed by atoms with Gasteiger partial charge in [-0.25, -0.2) is 0 Å². The summed E-state index contributed by atoms with van der Waals surface area (Å²) >= 11 is 2.31. The third-order valence-electron chi connectivity index (χ3n) is 9.92. The Labute approximate surface area is 320 Å². The number of phenolic OH excluding ortho intramolecular Hbond substituents is 2. The Morgan fingerprint density at radius 2 is 1.02 bits per heavy atom. The van der Waals surface area contributed by atoms with E-state index in [4.69, 9.17) is 8.60 Å². The Morgan fingerprint density at radius 1 is 0.706 bits per heavy atom. The second-order valence-electron chi connectivity index (χ2n) is 19.6. The number of ether oxygens (including phenoxy) is 1. The number of piperidine rings is 1. The third-order valence-corrected chi connectivity index (χ3v) is 9.92. The number of nitrogens with zero attached hydrogens (tertiary/aromatic N) is 1. The van der Waals surface area contributed by atoms with Crippen LogP contribution >= 0.6 is 0 Å². The summed E-state index contributed by atoms with van der Waals surface area (Å²) in [5.74, 6) is 0.674. The van der Waals surface area contributed by atoms with Crippen LogP contribution in [0.1, 0.15) is 163 Å². The van der Waals surface area contributed by atoms with Crippen LogP contribution in [0.5, 0.6) is 11.5 Å². The molecule has 0 aliphatic carbocycles. The number of esters is 1. The van der Waals surface area contributed by atoms with Crippen molar-refractivity contribution in [2.75, 3.05) is 6.54 Å². The minimum atomic E-state index is -0.181. The van der Waals surface area contributed by atoms with Gasteiger partial charge < -0.3 is 33.7 Å². The van der Waals surface area contributed by atoms with Crippen LogP contribution in [0.2, 0.25) is 0 Å². The SMILES string of the molecule is [CH2-]CN1C(C)(C)CC(OC(=O)CCc2cc(C(C)(C)C)c(O)c(C(C)(C)C)c2)CC1(C)C.[CH2-]Cc1cc(C(C)(C)C)c(O)c(C(C)(C)C)c1.[O]=[Co]. The number of carbonyl (C=O) groups is 1.